The zero-order chi connectivity index (χ0) is 15.3. The number of benzene rings is 1. The molecule has 8 nitrogen and oxygen atoms in total. The van der Waals surface area contributed by atoms with Gasteiger partial charge in [0.15, 0.2) is 0 Å². The van der Waals surface area contributed by atoms with Crippen LogP contribution in [0.4, 0.5) is 5.69 Å². The molecule has 109 valence electrons. The van der Waals surface area contributed by atoms with E-state index in [9.17, 15) is 23.3 Å². The van der Waals surface area contributed by atoms with Crippen LogP contribution in [0.15, 0.2) is 12.1 Å². The normalized spacial score (nSPS) is 10.6. The molecule has 0 atom stereocenters. The maximum atomic E-state index is 12.0. The third-order valence-corrected chi connectivity index (χ3v) is 3.10. The van der Waals surface area contributed by atoms with Gasteiger partial charge < -0.3 is 10.0 Å². The summed E-state index contributed by atoms with van der Waals surface area (Å²) in [5.74, 6) is -1.02. The minimum atomic E-state index is -2.73. The van der Waals surface area contributed by atoms with Crippen LogP contribution >= 0.6 is 0 Å². The van der Waals surface area contributed by atoms with E-state index >= 15 is 0 Å². The Bertz CT molecular complexity index is 591. The molecule has 1 aromatic rings. The minimum absolute atomic E-state index is 0.0319. The van der Waals surface area contributed by atoms with Crippen LogP contribution in [-0.2, 0) is 16.5 Å². The van der Waals surface area contributed by atoms with Crippen molar-refractivity contribution in [1.82, 2.24) is 4.90 Å². The largest absolute Gasteiger partial charge is 0.395 e. The van der Waals surface area contributed by atoms with E-state index in [0.29, 0.717) is 0 Å². The van der Waals surface area contributed by atoms with Crippen molar-refractivity contribution in [2.24, 2.45) is 0 Å². The van der Waals surface area contributed by atoms with Gasteiger partial charge in [0.1, 0.15) is 16.3 Å². The number of thiol groups is 1. The Labute approximate surface area is 116 Å². The number of hydrogen-bond donors (Lipinski definition) is 2. The number of nitrogens with zero attached hydrogens (tertiary/aromatic N) is 2. The van der Waals surface area contributed by atoms with Crippen LogP contribution in [0, 0.1) is 16.2 Å². The summed E-state index contributed by atoms with van der Waals surface area (Å²) < 4.78 is 21.2. The fourth-order valence-corrected chi connectivity index (χ4v) is 1.99. The third-order valence-electron chi connectivity index (χ3n) is 2.50. The molecule has 20 heavy (non-hydrogen) atoms. The molecule has 1 aromatic carbocycles. The molecule has 0 fully saturated rings. The van der Waals surface area contributed by atoms with Crippen molar-refractivity contribution in [2.75, 3.05) is 20.2 Å². The Kier molecular flexibility index (Phi) is 5.59. The first-order valence-electron chi connectivity index (χ1n) is 5.54. The van der Waals surface area contributed by atoms with Gasteiger partial charge in [-0.05, 0) is 17.7 Å². The van der Waals surface area contributed by atoms with Gasteiger partial charge in [-0.15, -0.1) is 0 Å². The van der Waals surface area contributed by atoms with E-state index in [1.54, 1.807) is 0 Å². The number of nitro benzene ring substituents is 1. The van der Waals surface area contributed by atoms with Crippen LogP contribution in [0.3, 0.4) is 0 Å². The van der Waals surface area contributed by atoms with Crippen molar-refractivity contribution >= 4 is 22.3 Å². The highest BCUT2D eigenvalue weighted by molar-refractivity contribution is 7.71. The highest BCUT2D eigenvalue weighted by atomic mass is 32.2. The lowest BCUT2D eigenvalue weighted by Gasteiger charge is -2.15. The van der Waals surface area contributed by atoms with E-state index in [2.05, 4.69) is 6.07 Å². The Balaban J connectivity index is 3.19. The lowest BCUT2D eigenvalue weighted by molar-refractivity contribution is -0.385. The molecular weight excluding hydrogens is 288 g/mol. The van der Waals surface area contributed by atoms with E-state index < -0.39 is 27.2 Å². The summed E-state index contributed by atoms with van der Waals surface area (Å²) in [5.41, 5.74) is -0.560. The van der Waals surface area contributed by atoms with Gasteiger partial charge in [-0.25, -0.2) is 8.42 Å². The van der Waals surface area contributed by atoms with Crippen LogP contribution in [0.2, 0.25) is 0 Å². The van der Waals surface area contributed by atoms with Crippen LogP contribution in [0.1, 0.15) is 15.9 Å². The van der Waals surface area contributed by atoms with Gasteiger partial charge in [-0.3, -0.25) is 14.9 Å². The average molecular weight is 301 g/mol. The van der Waals surface area contributed by atoms with Crippen molar-refractivity contribution < 1.29 is 23.2 Å². The third kappa shape index (κ3) is 4.00. The Hall–Kier alpha value is -2.00. The molecule has 1 rings (SSSR count). The van der Waals surface area contributed by atoms with Crippen molar-refractivity contribution in [3.63, 3.8) is 0 Å². The van der Waals surface area contributed by atoms with Gasteiger partial charge in [0.2, 0.25) is 0 Å². The molecule has 0 unspecified atom stereocenters. The van der Waals surface area contributed by atoms with Crippen molar-refractivity contribution in [3.05, 3.63) is 39.4 Å². The number of hydrogen-bond acceptors (Lipinski definition) is 6. The van der Waals surface area contributed by atoms with Gasteiger partial charge in [-0.2, -0.15) is 0 Å². The fraction of sp³-hybridized carbons (Fsp3) is 0.364. The lowest BCUT2D eigenvalue weighted by atomic mass is 10.1. The topological polar surface area (TPSA) is 118 Å². The number of rotatable bonds is 6. The zero-order valence-corrected chi connectivity index (χ0v) is 11.5. The van der Waals surface area contributed by atoms with Gasteiger partial charge >= 0.3 is 0 Å². The van der Waals surface area contributed by atoms with E-state index in [1.165, 1.54) is 7.05 Å². The van der Waals surface area contributed by atoms with Gasteiger partial charge in [-0.1, -0.05) is 0 Å². The second-order valence-electron chi connectivity index (χ2n) is 3.96. The van der Waals surface area contributed by atoms with E-state index in [0.717, 1.165) is 17.0 Å². The van der Waals surface area contributed by atoms with E-state index in [1.807, 2.05) is 0 Å². The monoisotopic (exact) mass is 301 g/mol. The second kappa shape index (κ2) is 6.96. The predicted molar refractivity (Wildman–Crippen MR) is 70.0 cm³/mol. The van der Waals surface area contributed by atoms with Crippen LogP contribution in [-0.4, -0.2) is 49.5 Å². The summed E-state index contributed by atoms with van der Waals surface area (Å²) in [7, 11) is -1.34. The van der Waals surface area contributed by atoms with Crippen LogP contribution < -0.4 is 0 Å². The van der Waals surface area contributed by atoms with E-state index in [4.69, 9.17) is 5.11 Å². The Morgan fingerprint density at radius 3 is 2.70 bits per heavy atom. The summed E-state index contributed by atoms with van der Waals surface area (Å²) >= 11 is 0. The Morgan fingerprint density at radius 2 is 2.20 bits per heavy atom. The number of carbonyl (C=O) groups excluding carboxylic acids is 1. The number of amides is 1. The maximum Gasteiger partial charge on any atom is 0.282 e. The second-order valence-corrected chi connectivity index (χ2v) is 4.94. The first-order valence-corrected chi connectivity index (χ1v) is 6.90. The zero-order valence-electron chi connectivity index (χ0n) is 10.6. The molecule has 0 aliphatic rings. The Morgan fingerprint density at radius 1 is 1.55 bits per heavy atom. The summed E-state index contributed by atoms with van der Waals surface area (Å²) in [4.78, 5) is 23.3. The number of likely N-dealkylation sites (N-methyl/N-ethyl adjacent to an activating group) is 1. The van der Waals surface area contributed by atoms with Crippen LogP contribution in [0.25, 0.3) is 0 Å². The summed E-state index contributed by atoms with van der Waals surface area (Å²) in [5, 5.41) is 19.7. The molecule has 0 spiro atoms. The minimum Gasteiger partial charge on any atom is -0.395 e. The standard InChI is InChI=1S/C11H13N2O6S/c1-12(4-5-14)11(15)9-3-2-8(7-20(18)19)6-10(9)13(16)17/h3,6,14,20H,4-5,7H2,1H3. The molecule has 1 N–H and O–H groups in total. The molecule has 0 aromatic heterocycles. The molecule has 0 saturated carbocycles. The molecular formula is C11H13N2O6S. The molecule has 1 radical (unpaired) electrons. The van der Waals surface area contributed by atoms with Gasteiger partial charge in [0, 0.05) is 19.7 Å². The highest BCUT2D eigenvalue weighted by Crippen LogP contribution is 2.21. The van der Waals surface area contributed by atoms with Gasteiger partial charge in [0.25, 0.3) is 11.6 Å². The summed E-state index contributed by atoms with van der Waals surface area (Å²) in [6, 6.07) is 4.66. The number of nitro groups is 1. The molecule has 9 heteroatoms. The SMILES string of the molecule is CN(CCO)C(=O)c1c[c]c(C[SH](=O)=O)cc1[N+](=O)[O-]. The van der Waals surface area contributed by atoms with Crippen molar-refractivity contribution in [1.29, 1.82) is 0 Å². The lowest BCUT2D eigenvalue weighted by Crippen LogP contribution is -2.30. The number of carbonyl (C=O) groups is 1. The first-order chi connectivity index (χ1) is 9.36. The number of aliphatic hydroxyl groups excluding tert-OH is 1. The first kappa shape index (κ1) is 16.1. The van der Waals surface area contributed by atoms with Crippen molar-refractivity contribution in [3.8, 4) is 0 Å². The number of aliphatic hydroxyl groups is 1. The predicted octanol–water partition coefficient (Wildman–Crippen LogP) is -0.429. The van der Waals surface area contributed by atoms with Gasteiger partial charge in [0.05, 0.1) is 17.3 Å². The molecule has 0 aliphatic heterocycles. The maximum absolute atomic E-state index is 12.0. The van der Waals surface area contributed by atoms with E-state index in [-0.39, 0.29) is 30.0 Å². The summed E-state index contributed by atoms with van der Waals surface area (Å²) in [6.45, 7) is -0.237. The fourth-order valence-electron chi connectivity index (χ4n) is 1.53. The smallest absolute Gasteiger partial charge is 0.282 e. The van der Waals surface area contributed by atoms with Crippen molar-refractivity contribution in [2.45, 2.75) is 5.75 Å². The molecule has 0 bridgehead atoms. The quantitative estimate of drug-likeness (QED) is 0.418. The molecule has 1 amide bonds. The average Bonchev–Trinajstić information content (AvgIpc) is 2.37. The summed E-state index contributed by atoms with van der Waals surface area (Å²) in [6.07, 6.45) is 0. The highest BCUT2D eigenvalue weighted by Gasteiger charge is 2.23. The van der Waals surface area contributed by atoms with Crippen LogP contribution in [0.5, 0.6) is 0 Å². The molecule has 0 heterocycles. The molecule has 0 aliphatic carbocycles. The molecule has 0 saturated heterocycles.